The smallest absolute Gasteiger partial charge is 0.406 e. The Labute approximate surface area is 103 Å². The Morgan fingerprint density at radius 2 is 1.83 bits per heavy atom. The number of hydrogen-bond donors (Lipinski definition) is 1. The molecule has 0 heterocycles. The predicted molar refractivity (Wildman–Crippen MR) is 58.2 cm³/mol. The second kappa shape index (κ2) is 6.46. The van der Waals surface area contributed by atoms with Crippen molar-refractivity contribution in [1.29, 1.82) is 0 Å². The molecule has 0 aromatic heterocycles. The first-order valence-corrected chi connectivity index (χ1v) is 5.38. The maximum atomic E-state index is 12.3. The summed E-state index contributed by atoms with van der Waals surface area (Å²) in [6.45, 7) is 0.905. The van der Waals surface area contributed by atoms with Crippen LogP contribution in [0, 0.1) is 0 Å². The molecule has 8 heteroatoms. The van der Waals surface area contributed by atoms with Gasteiger partial charge in [-0.25, -0.2) is 4.79 Å². The van der Waals surface area contributed by atoms with E-state index in [2.05, 4.69) is 0 Å². The molecular formula is C10H17F3N2O3. The van der Waals surface area contributed by atoms with E-state index in [1.54, 1.807) is 13.8 Å². The van der Waals surface area contributed by atoms with Crippen LogP contribution in [0.4, 0.5) is 18.0 Å². The van der Waals surface area contributed by atoms with E-state index >= 15 is 0 Å². The number of alkyl halides is 3. The lowest BCUT2D eigenvalue weighted by atomic mass is 10.2. The monoisotopic (exact) mass is 270 g/mol. The van der Waals surface area contributed by atoms with Crippen molar-refractivity contribution in [3.05, 3.63) is 0 Å². The van der Waals surface area contributed by atoms with Crippen LogP contribution < -0.4 is 0 Å². The number of nitrogens with zero attached hydrogens (tertiary/aromatic N) is 2. The summed E-state index contributed by atoms with van der Waals surface area (Å²) >= 11 is 0. The van der Waals surface area contributed by atoms with E-state index < -0.39 is 31.3 Å². The first-order chi connectivity index (χ1) is 8.08. The fourth-order valence-corrected chi connectivity index (χ4v) is 1.26. The second-order valence-electron chi connectivity index (χ2n) is 4.02. The molecule has 0 spiro atoms. The van der Waals surface area contributed by atoms with Crippen LogP contribution in [-0.4, -0.2) is 59.3 Å². The fourth-order valence-electron chi connectivity index (χ4n) is 1.26. The normalized spacial score (nSPS) is 13.0. The van der Waals surface area contributed by atoms with Crippen LogP contribution in [0.2, 0.25) is 0 Å². The van der Waals surface area contributed by atoms with Gasteiger partial charge < -0.3 is 14.9 Å². The third kappa shape index (κ3) is 5.74. The Kier molecular flexibility index (Phi) is 5.93. The minimum atomic E-state index is -4.62. The topological polar surface area (TPSA) is 60.9 Å². The standard InChI is InChI=1S/C10H17F3N2O3/c1-4-7(2)14(3)9(18)15(5-8(16)17)6-10(11,12)13/h7H,4-6H2,1-3H3,(H,16,17). The molecule has 0 rings (SSSR count). The zero-order valence-electron chi connectivity index (χ0n) is 10.5. The first kappa shape index (κ1) is 16.5. The van der Waals surface area contributed by atoms with Crippen LogP contribution in [-0.2, 0) is 4.79 Å². The summed E-state index contributed by atoms with van der Waals surface area (Å²) in [5.41, 5.74) is 0. The lowest BCUT2D eigenvalue weighted by molar-refractivity contribution is -0.149. The molecule has 0 aromatic rings. The van der Waals surface area contributed by atoms with Crippen molar-refractivity contribution in [3.8, 4) is 0 Å². The quantitative estimate of drug-likeness (QED) is 0.828. The average molecular weight is 270 g/mol. The highest BCUT2D eigenvalue weighted by Crippen LogP contribution is 2.18. The van der Waals surface area contributed by atoms with E-state index in [1.165, 1.54) is 7.05 Å². The van der Waals surface area contributed by atoms with Gasteiger partial charge in [-0.3, -0.25) is 4.79 Å². The number of carboxylic acid groups (broad SMARTS) is 1. The molecule has 1 unspecified atom stereocenters. The molecule has 0 fully saturated rings. The van der Waals surface area contributed by atoms with Crippen molar-refractivity contribution in [2.24, 2.45) is 0 Å². The largest absolute Gasteiger partial charge is 0.480 e. The van der Waals surface area contributed by atoms with Gasteiger partial charge in [0.15, 0.2) is 0 Å². The van der Waals surface area contributed by atoms with Crippen molar-refractivity contribution >= 4 is 12.0 Å². The maximum absolute atomic E-state index is 12.3. The highest BCUT2D eigenvalue weighted by Gasteiger charge is 2.35. The second-order valence-corrected chi connectivity index (χ2v) is 4.02. The van der Waals surface area contributed by atoms with Crippen LogP contribution in [0.3, 0.4) is 0 Å². The molecule has 5 nitrogen and oxygen atoms in total. The summed E-state index contributed by atoms with van der Waals surface area (Å²) in [6.07, 6.45) is -4.06. The average Bonchev–Trinajstić information content (AvgIpc) is 2.22. The van der Waals surface area contributed by atoms with Crippen LogP contribution in [0.25, 0.3) is 0 Å². The van der Waals surface area contributed by atoms with Gasteiger partial charge in [-0.1, -0.05) is 6.92 Å². The minimum Gasteiger partial charge on any atom is -0.480 e. The molecule has 1 atom stereocenters. The molecule has 0 aliphatic carbocycles. The van der Waals surface area contributed by atoms with Crippen molar-refractivity contribution < 1.29 is 27.9 Å². The lowest BCUT2D eigenvalue weighted by Crippen LogP contribution is -2.49. The van der Waals surface area contributed by atoms with Gasteiger partial charge in [0.2, 0.25) is 0 Å². The summed E-state index contributed by atoms with van der Waals surface area (Å²) in [5, 5.41) is 8.53. The molecule has 2 amide bonds. The number of amides is 2. The van der Waals surface area contributed by atoms with Crippen LogP contribution in [0.5, 0.6) is 0 Å². The number of rotatable bonds is 5. The summed E-state index contributed by atoms with van der Waals surface area (Å²) in [5.74, 6) is -1.48. The summed E-state index contributed by atoms with van der Waals surface area (Å²) in [4.78, 5) is 23.6. The van der Waals surface area contributed by atoms with E-state index in [-0.39, 0.29) is 10.9 Å². The molecule has 0 saturated heterocycles. The molecule has 18 heavy (non-hydrogen) atoms. The lowest BCUT2D eigenvalue weighted by Gasteiger charge is -2.31. The Balaban J connectivity index is 4.84. The van der Waals surface area contributed by atoms with Gasteiger partial charge in [-0.2, -0.15) is 13.2 Å². The Morgan fingerprint density at radius 3 is 2.17 bits per heavy atom. The Morgan fingerprint density at radius 1 is 1.33 bits per heavy atom. The molecule has 0 aliphatic heterocycles. The third-order valence-corrected chi connectivity index (χ3v) is 2.52. The van der Waals surface area contributed by atoms with E-state index in [4.69, 9.17) is 5.11 Å². The van der Waals surface area contributed by atoms with E-state index in [9.17, 15) is 22.8 Å². The van der Waals surface area contributed by atoms with Crippen molar-refractivity contribution in [1.82, 2.24) is 9.80 Å². The van der Waals surface area contributed by atoms with Crippen LogP contribution in [0.15, 0.2) is 0 Å². The highest BCUT2D eigenvalue weighted by atomic mass is 19.4. The predicted octanol–water partition coefficient (Wildman–Crippen LogP) is 1.79. The van der Waals surface area contributed by atoms with Gasteiger partial charge >= 0.3 is 18.2 Å². The number of halogens is 3. The van der Waals surface area contributed by atoms with Gasteiger partial charge in [0.05, 0.1) is 0 Å². The van der Waals surface area contributed by atoms with Gasteiger partial charge in [0.1, 0.15) is 13.1 Å². The first-order valence-electron chi connectivity index (χ1n) is 5.38. The van der Waals surface area contributed by atoms with E-state index in [1.807, 2.05) is 0 Å². The molecule has 106 valence electrons. The van der Waals surface area contributed by atoms with Gasteiger partial charge in [-0.15, -0.1) is 0 Å². The molecule has 0 bridgehead atoms. The van der Waals surface area contributed by atoms with Crippen molar-refractivity contribution in [2.75, 3.05) is 20.1 Å². The number of aliphatic carboxylic acids is 1. The van der Waals surface area contributed by atoms with Crippen molar-refractivity contribution in [3.63, 3.8) is 0 Å². The summed E-state index contributed by atoms with van der Waals surface area (Å²) in [7, 11) is 1.35. The zero-order valence-corrected chi connectivity index (χ0v) is 10.5. The molecule has 0 aromatic carbocycles. The highest BCUT2D eigenvalue weighted by molar-refractivity contribution is 5.80. The van der Waals surface area contributed by atoms with E-state index in [0.29, 0.717) is 6.42 Å². The molecule has 0 radical (unpaired) electrons. The zero-order chi connectivity index (χ0) is 14.5. The number of carbonyl (C=O) groups is 2. The Bertz CT molecular complexity index is 307. The van der Waals surface area contributed by atoms with Crippen molar-refractivity contribution in [2.45, 2.75) is 32.5 Å². The molecule has 0 aliphatic rings. The van der Waals surface area contributed by atoms with Crippen LogP contribution in [0.1, 0.15) is 20.3 Å². The SMILES string of the molecule is CCC(C)N(C)C(=O)N(CC(=O)O)CC(F)(F)F. The third-order valence-electron chi connectivity index (χ3n) is 2.52. The number of hydrogen-bond acceptors (Lipinski definition) is 2. The number of carbonyl (C=O) groups excluding carboxylic acids is 1. The molecule has 1 N–H and O–H groups in total. The fraction of sp³-hybridized carbons (Fsp3) is 0.800. The number of urea groups is 1. The molecule has 0 saturated carbocycles. The summed E-state index contributed by atoms with van der Waals surface area (Å²) < 4.78 is 36.8. The maximum Gasteiger partial charge on any atom is 0.406 e. The molecular weight excluding hydrogens is 253 g/mol. The summed E-state index contributed by atoms with van der Waals surface area (Å²) in [6, 6.07) is -1.20. The van der Waals surface area contributed by atoms with E-state index in [0.717, 1.165) is 4.90 Å². The Hall–Kier alpha value is -1.47. The van der Waals surface area contributed by atoms with Gasteiger partial charge in [-0.05, 0) is 13.3 Å². The number of carboxylic acids is 1. The van der Waals surface area contributed by atoms with Gasteiger partial charge in [0.25, 0.3) is 0 Å². The minimum absolute atomic E-state index is 0.262. The van der Waals surface area contributed by atoms with Crippen LogP contribution >= 0.6 is 0 Å². The van der Waals surface area contributed by atoms with Gasteiger partial charge in [0, 0.05) is 13.1 Å².